The number of carbonyl (C=O) groups excluding carboxylic acids is 2. The van der Waals surface area contributed by atoms with Gasteiger partial charge in [-0.25, -0.2) is 4.98 Å². The van der Waals surface area contributed by atoms with Crippen molar-refractivity contribution in [1.29, 1.82) is 0 Å². The number of halogens is 3. The second-order valence-electron chi connectivity index (χ2n) is 7.45. The molecule has 0 atom stereocenters. The summed E-state index contributed by atoms with van der Waals surface area (Å²) in [5.74, 6) is -1.99. The molecule has 3 aromatic heterocycles. The molecule has 1 aromatic carbocycles. The van der Waals surface area contributed by atoms with Gasteiger partial charge in [0.25, 0.3) is 11.6 Å². The van der Waals surface area contributed by atoms with Crippen molar-refractivity contribution < 1.29 is 31.7 Å². The molecular formula is C23H19F3N4O4. The normalized spacial score (nSPS) is 11.6. The first kappa shape index (κ1) is 23.0. The van der Waals surface area contributed by atoms with Crippen LogP contribution in [0, 0.1) is 6.92 Å². The Morgan fingerprint density at radius 2 is 1.94 bits per heavy atom. The predicted molar refractivity (Wildman–Crippen MR) is 116 cm³/mol. The Kier molecular flexibility index (Phi) is 6.10. The van der Waals surface area contributed by atoms with Gasteiger partial charge in [-0.3, -0.25) is 9.59 Å². The highest BCUT2D eigenvalue weighted by Gasteiger charge is 2.41. The maximum Gasteiger partial charge on any atom is 0.471 e. The smallest absolute Gasteiger partial charge is 0.463 e. The van der Waals surface area contributed by atoms with E-state index < -0.39 is 18.0 Å². The lowest BCUT2D eigenvalue weighted by molar-refractivity contribution is -0.185. The average Bonchev–Trinajstić information content (AvgIpc) is 3.46. The molecule has 0 bridgehead atoms. The van der Waals surface area contributed by atoms with Crippen molar-refractivity contribution in [1.82, 2.24) is 15.0 Å². The van der Waals surface area contributed by atoms with Crippen LogP contribution in [0.25, 0.3) is 22.6 Å². The number of aryl methyl sites for hydroxylation is 1. The zero-order chi connectivity index (χ0) is 24.5. The van der Waals surface area contributed by atoms with Crippen LogP contribution in [0.4, 0.5) is 18.9 Å². The van der Waals surface area contributed by atoms with Crippen molar-refractivity contribution in [3.63, 3.8) is 0 Å². The molecule has 3 heterocycles. The quantitative estimate of drug-likeness (QED) is 0.426. The summed E-state index contributed by atoms with van der Waals surface area (Å²) in [7, 11) is 0. The first-order valence-corrected chi connectivity index (χ1v) is 10.2. The van der Waals surface area contributed by atoms with Crippen molar-refractivity contribution >= 4 is 28.6 Å². The molecule has 1 N–H and O–H groups in total. The highest BCUT2D eigenvalue weighted by molar-refractivity contribution is 6.13. The van der Waals surface area contributed by atoms with Crippen molar-refractivity contribution in [2.75, 3.05) is 11.9 Å². The van der Waals surface area contributed by atoms with E-state index in [1.165, 1.54) is 19.3 Å². The van der Waals surface area contributed by atoms with Crippen molar-refractivity contribution in [2.24, 2.45) is 0 Å². The summed E-state index contributed by atoms with van der Waals surface area (Å²) in [6.07, 6.45) is -3.49. The van der Waals surface area contributed by atoms with E-state index in [2.05, 4.69) is 15.5 Å². The van der Waals surface area contributed by atoms with Gasteiger partial charge in [0, 0.05) is 18.8 Å². The summed E-state index contributed by atoms with van der Waals surface area (Å²) in [4.78, 5) is 29.8. The number of hydrogen-bond acceptors (Lipinski definition) is 6. The van der Waals surface area contributed by atoms with Crippen LogP contribution in [-0.2, 0) is 11.3 Å². The third-order valence-corrected chi connectivity index (χ3v) is 5.11. The van der Waals surface area contributed by atoms with Gasteiger partial charge >= 0.3 is 12.1 Å². The highest BCUT2D eigenvalue weighted by Crippen LogP contribution is 2.28. The molecule has 8 nitrogen and oxygen atoms in total. The average molecular weight is 472 g/mol. The minimum absolute atomic E-state index is 0.119. The lowest BCUT2D eigenvalue weighted by Crippen LogP contribution is -2.40. The van der Waals surface area contributed by atoms with E-state index in [4.69, 9.17) is 8.94 Å². The molecule has 34 heavy (non-hydrogen) atoms. The number of nitrogens with one attached hydrogen (secondary N) is 1. The number of alkyl halides is 3. The van der Waals surface area contributed by atoms with E-state index in [9.17, 15) is 22.8 Å². The first-order chi connectivity index (χ1) is 16.2. The monoisotopic (exact) mass is 472 g/mol. The molecule has 0 unspecified atom stereocenters. The van der Waals surface area contributed by atoms with Gasteiger partial charge in [0.2, 0.25) is 0 Å². The minimum Gasteiger partial charge on any atom is -0.463 e. The molecule has 0 fully saturated rings. The van der Waals surface area contributed by atoms with Crippen LogP contribution >= 0.6 is 0 Å². The van der Waals surface area contributed by atoms with E-state index in [-0.39, 0.29) is 24.4 Å². The fraction of sp³-hybridized carbons (Fsp3) is 0.217. The number of rotatable bonds is 6. The first-order valence-electron chi connectivity index (χ1n) is 10.2. The van der Waals surface area contributed by atoms with Crippen LogP contribution < -0.4 is 5.32 Å². The number of nitrogens with zero attached hydrogens (tertiary/aromatic N) is 3. The fourth-order valence-electron chi connectivity index (χ4n) is 3.50. The Morgan fingerprint density at radius 3 is 2.62 bits per heavy atom. The SMILES string of the molecule is CCN(Cc1cccc(NC(=O)c2cc(-c3ccco3)nc3onc(C)c23)c1)C(=O)C(F)(F)F. The van der Waals surface area contributed by atoms with Crippen LogP contribution in [-0.4, -0.2) is 39.6 Å². The van der Waals surface area contributed by atoms with E-state index in [1.807, 2.05) is 0 Å². The van der Waals surface area contributed by atoms with Crippen molar-refractivity contribution in [2.45, 2.75) is 26.6 Å². The Hall–Kier alpha value is -4.15. The molecule has 2 amide bonds. The van der Waals surface area contributed by atoms with Crippen molar-refractivity contribution in [3.05, 3.63) is 65.5 Å². The number of hydrogen-bond donors (Lipinski definition) is 1. The Bertz CT molecular complexity index is 1350. The van der Waals surface area contributed by atoms with Gasteiger partial charge in [-0.05, 0) is 49.7 Å². The summed E-state index contributed by atoms with van der Waals surface area (Å²) in [6, 6.07) is 11.2. The molecule has 0 radical (unpaired) electrons. The Labute approximate surface area is 191 Å². The number of pyridine rings is 1. The van der Waals surface area contributed by atoms with Crippen LogP contribution in [0.1, 0.15) is 28.5 Å². The zero-order valence-corrected chi connectivity index (χ0v) is 18.1. The number of benzene rings is 1. The topological polar surface area (TPSA) is 101 Å². The van der Waals surface area contributed by atoms with Gasteiger partial charge in [-0.2, -0.15) is 13.2 Å². The van der Waals surface area contributed by atoms with Gasteiger partial charge in [-0.1, -0.05) is 17.3 Å². The second kappa shape index (κ2) is 9.00. The van der Waals surface area contributed by atoms with Gasteiger partial charge in [0.05, 0.1) is 22.9 Å². The van der Waals surface area contributed by atoms with Crippen molar-refractivity contribution in [3.8, 4) is 11.5 Å². The molecular weight excluding hydrogens is 453 g/mol. The van der Waals surface area contributed by atoms with Crippen LogP contribution in [0.5, 0.6) is 0 Å². The molecule has 0 saturated carbocycles. The van der Waals surface area contributed by atoms with Crippen LogP contribution in [0.15, 0.2) is 57.7 Å². The zero-order valence-electron chi connectivity index (χ0n) is 18.1. The van der Waals surface area contributed by atoms with Gasteiger partial charge in [0.15, 0.2) is 5.76 Å². The summed E-state index contributed by atoms with van der Waals surface area (Å²) >= 11 is 0. The number of fused-ring (bicyclic) bond motifs is 1. The number of anilines is 1. The molecule has 11 heteroatoms. The Balaban J connectivity index is 1.61. The predicted octanol–water partition coefficient (Wildman–Crippen LogP) is 4.95. The Morgan fingerprint density at radius 1 is 1.15 bits per heavy atom. The number of carbonyl (C=O) groups is 2. The number of aromatic nitrogens is 2. The van der Waals surface area contributed by atoms with Crippen LogP contribution in [0.3, 0.4) is 0 Å². The molecule has 0 aliphatic rings. The van der Waals surface area contributed by atoms with E-state index in [0.29, 0.717) is 38.7 Å². The van der Waals surface area contributed by atoms with Gasteiger partial charge in [0.1, 0.15) is 5.69 Å². The fourth-order valence-corrected chi connectivity index (χ4v) is 3.50. The molecule has 0 aliphatic carbocycles. The van der Waals surface area contributed by atoms with E-state index >= 15 is 0 Å². The van der Waals surface area contributed by atoms with E-state index in [1.54, 1.807) is 43.3 Å². The molecule has 176 valence electrons. The molecule has 0 aliphatic heterocycles. The largest absolute Gasteiger partial charge is 0.471 e. The van der Waals surface area contributed by atoms with Crippen LogP contribution in [0.2, 0.25) is 0 Å². The molecule has 0 saturated heterocycles. The molecule has 4 rings (SSSR count). The summed E-state index contributed by atoms with van der Waals surface area (Å²) < 4.78 is 49.1. The van der Waals surface area contributed by atoms with E-state index in [0.717, 1.165) is 0 Å². The number of furan rings is 1. The maximum atomic E-state index is 13.2. The lowest BCUT2D eigenvalue weighted by atomic mass is 10.1. The van der Waals surface area contributed by atoms with Gasteiger partial charge in [-0.15, -0.1) is 0 Å². The molecule has 4 aromatic rings. The standard InChI is InChI=1S/C23H19F3N4O4/c1-3-30(22(32)23(24,25)26)12-14-6-4-7-15(10-14)27-20(31)16-11-17(18-8-5-9-33-18)28-21-19(16)13(2)29-34-21/h4-11H,3,12H2,1-2H3,(H,27,31). The summed E-state index contributed by atoms with van der Waals surface area (Å²) in [5, 5.41) is 7.05. The third-order valence-electron chi connectivity index (χ3n) is 5.11. The third kappa shape index (κ3) is 4.63. The second-order valence-corrected chi connectivity index (χ2v) is 7.45. The maximum absolute atomic E-state index is 13.2. The lowest BCUT2D eigenvalue weighted by Gasteiger charge is -2.22. The minimum atomic E-state index is -4.96. The molecule has 0 spiro atoms. The number of amides is 2. The highest BCUT2D eigenvalue weighted by atomic mass is 19.4. The summed E-state index contributed by atoms with van der Waals surface area (Å²) in [6.45, 7) is 2.76. The van der Waals surface area contributed by atoms with Gasteiger partial charge < -0.3 is 19.2 Å². The summed E-state index contributed by atoms with van der Waals surface area (Å²) in [5.41, 5.74) is 2.01.